The lowest BCUT2D eigenvalue weighted by atomic mass is 10.2. The summed E-state index contributed by atoms with van der Waals surface area (Å²) in [4.78, 5) is 10.5. The highest BCUT2D eigenvalue weighted by Crippen LogP contribution is 2.17. The van der Waals surface area contributed by atoms with E-state index in [0.717, 1.165) is 6.08 Å². The first-order chi connectivity index (χ1) is 9.87. The predicted octanol–water partition coefficient (Wildman–Crippen LogP) is 1.88. The lowest BCUT2D eigenvalue weighted by Gasteiger charge is -2.05. The van der Waals surface area contributed by atoms with Crippen molar-refractivity contribution in [1.29, 1.82) is 0 Å². The van der Waals surface area contributed by atoms with Crippen LogP contribution in [0.5, 0.6) is 0 Å². The minimum Gasteiger partial charge on any atom is -0.478 e. The van der Waals surface area contributed by atoms with E-state index in [9.17, 15) is 13.2 Å². The van der Waals surface area contributed by atoms with Crippen LogP contribution in [-0.4, -0.2) is 24.7 Å². The van der Waals surface area contributed by atoms with Crippen LogP contribution >= 0.6 is 0 Å². The standard InChI is InChI=1S/C13H12N2O5S/c1-9-7-12(14-20-9)15-21(18,19)11-4-2-3-10(8-11)5-6-13(16)17/h2-8H,1H3,(H,14,15)(H,16,17). The number of carboxylic acid groups (broad SMARTS) is 1. The van der Waals surface area contributed by atoms with E-state index < -0.39 is 16.0 Å². The molecule has 0 bridgehead atoms. The minimum atomic E-state index is -3.81. The molecule has 2 N–H and O–H groups in total. The van der Waals surface area contributed by atoms with Crippen LogP contribution < -0.4 is 4.72 Å². The zero-order valence-corrected chi connectivity index (χ0v) is 11.8. The van der Waals surface area contributed by atoms with Crippen LogP contribution in [0.3, 0.4) is 0 Å². The fraction of sp³-hybridized carbons (Fsp3) is 0.0769. The Balaban J connectivity index is 2.27. The van der Waals surface area contributed by atoms with Crippen LogP contribution in [0.2, 0.25) is 0 Å². The van der Waals surface area contributed by atoms with Gasteiger partial charge in [0.2, 0.25) is 0 Å². The van der Waals surface area contributed by atoms with Crippen molar-refractivity contribution in [3.8, 4) is 0 Å². The Bertz CT molecular complexity index is 792. The third kappa shape index (κ3) is 3.93. The molecule has 0 aliphatic rings. The van der Waals surface area contributed by atoms with Gasteiger partial charge < -0.3 is 9.63 Å². The van der Waals surface area contributed by atoms with Crippen molar-refractivity contribution in [3.63, 3.8) is 0 Å². The largest absolute Gasteiger partial charge is 0.478 e. The summed E-state index contributed by atoms with van der Waals surface area (Å²) >= 11 is 0. The molecule has 8 heteroatoms. The molecule has 1 aromatic heterocycles. The molecule has 0 saturated carbocycles. The molecule has 7 nitrogen and oxygen atoms in total. The lowest BCUT2D eigenvalue weighted by molar-refractivity contribution is -0.131. The Morgan fingerprint density at radius 1 is 1.38 bits per heavy atom. The van der Waals surface area contributed by atoms with Crippen molar-refractivity contribution in [1.82, 2.24) is 5.16 Å². The summed E-state index contributed by atoms with van der Waals surface area (Å²) in [5.41, 5.74) is 0.455. The van der Waals surface area contributed by atoms with Gasteiger partial charge in [-0.15, -0.1) is 0 Å². The molecule has 110 valence electrons. The number of carbonyl (C=O) groups is 1. The first kappa shape index (κ1) is 14.8. The van der Waals surface area contributed by atoms with E-state index in [4.69, 9.17) is 9.63 Å². The molecule has 0 aliphatic heterocycles. The average Bonchev–Trinajstić information content (AvgIpc) is 2.81. The molecule has 2 rings (SSSR count). The molecule has 0 unspecified atom stereocenters. The van der Waals surface area contributed by atoms with E-state index in [1.165, 1.54) is 30.3 Å². The van der Waals surface area contributed by atoms with Gasteiger partial charge in [0.25, 0.3) is 10.0 Å². The van der Waals surface area contributed by atoms with Gasteiger partial charge in [0, 0.05) is 12.1 Å². The average molecular weight is 308 g/mol. The summed E-state index contributed by atoms with van der Waals surface area (Å²) in [6.45, 7) is 1.64. The van der Waals surface area contributed by atoms with Gasteiger partial charge in [-0.25, -0.2) is 13.2 Å². The maximum atomic E-state index is 12.2. The first-order valence-corrected chi connectivity index (χ1v) is 7.32. The fourth-order valence-corrected chi connectivity index (χ4v) is 2.60. The molecular formula is C13H12N2O5S. The topological polar surface area (TPSA) is 110 Å². The molecule has 2 aromatic rings. The zero-order chi connectivity index (χ0) is 15.5. The van der Waals surface area contributed by atoms with E-state index in [0.29, 0.717) is 11.3 Å². The molecule has 0 saturated heterocycles. The zero-order valence-electron chi connectivity index (χ0n) is 11.0. The molecule has 0 fully saturated rings. The van der Waals surface area contributed by atoms with Crippen molar-refractivity contribution < 1.29 is 22.8 Å². The molecule has 1 aromatic carbocycles. The molecule has 0 radical (unpaired) electrons. The van der Waals surface area contributed by atoms with Crippen molar-refractivity contribution in [2.45, 2.75) is 11.8 Å². The molecule has 0 atom stereocenters. The molecule has 0 amide bonds. The highest BCUT2D eigenvalue weighted by Gasteiger charge is 2.16. The third-order valence-corrected chi connectivity index (χ3v) is 3.81. The summed E-state index contributed by atoms with van der Waals surface area (Å²) in [5.74, 6) is -0.552. The Morgan fingerprint density at radius 2 is 2.14 bits per heavy atom. The van der Waals surface area contributed by atoms with Crippen molar-refractivity contribution in [2.24, 2.45) is 0 Å². The summed E-state index contributed by atoms with van der Waals surface area (Å²) in [7, 11) is -3.81. The minimum absolute atomic E-state index is 0.00399. The number of aromatic nitrogens is 1. The molecule has 21 heavy (non-hydrogen) atoms. The molecule has 0 aliphatic carbocycles. The normalized spacial score (nSPS) is 11.7. The van der Waals surface area contributed by atoms with Crippen LogP contribution in [0.4, 0.5) is 5.82 Å². The summed E-state index contributed by atoms with van der Waals surface area (Å²) in [5, 5.41) is 12.1. The summed E-state index contributed by atoms with van der Waals surface area (Å²) in [6.07, 6.45) is 2.24. The van der Waals surface area contributed by atoms with E-state index in [-0.39, 0.29) is 10.7 Å². The number of aliphatic carboxylic acids is 1. The Morgan fingerprint density at radius 3 is 2.76 bits per heavy atom. The van der Waals surface area contributed by atoms with Crippen LogP contribution in [0.25, 0.3) is 6.08 Å². The second-order valence-electron chi connectivity index (χ2n) is 4.17. The van der Waals surface area contributed by atoms with Gasteiger partial charge in [-0.2, -0.15) is 0 Å². The second kappa shape index (κ2) is 5.80. The fourth-order valence-electron chi connectivity index (χ4n) is 1.56. The maximum absolute atomic E-state index is 12.2. The summed E-state index contributed by atoms with van der Waals surface area (Å²) in [6, 6.07) is 7.32. The van der Waals surface area contributed by atoms with Crippen LogP contribution in [-0.2, 0) is 14.8 Å². The number of aryl methyl sites for hydroxylation is 1. The molecule has 1 heterocycles. The van der Waals surface area contributed by atoms with Crippen LogP contribution in [0, 0.1) is 6.92 Å². The number of nitrogens with one attached hydrogen (secondary N) is 1. The third-order valence-electron chi connectivity index (χ3n) is 2.45. The van der Waals surface area contributed by atoms with Crippen LogP contribution in [0.15, 0.2) is 45.8 Å². The van der Waals surface area contributed by atoms with Gasteiger partial charge in [0.05, 0.1) is 4.90 Å². The highest BCUT2D eigenvalue weighted by molar-refractivity contribution is 7.92. The van der Waals surface area contributed by atoms with Gasteiger partial charge >= 0.3 is 5.97 Å². The number of sulfonamides is 1. The lowest BCUT2D eigenvalue weighted by Crippen LogP contribution is -2.13. The van der Waals surface area contributed by atoms with Gasteiger partial charge in [0.15, 0.2) is 5.82 Å². The number of hydrogen-bond acceptors (Lipinski definition) is 5. The first-order valence-electron chi connectivity index (χ1n) is 5.84. The SMILES string of the molecule is Cc1cc(NS(=O)(=O)c2cccc(C=CC(=O)O)c2)no1. The Kier molecular flexibility index (Phi) is 4.08. The number of rotatable bonds is 5. The number of carboxylic acids is 1. The van der Waals surface area contributed by atoms with Crippen molar-refractivity contribution in [3.05, 3.63) is 47.7 Å². The number of hydrogen-bond donors (Lipinski definition) is 2. The maximum Gasteiger partial charge on any atom is 0.328 e. The van der Waals surface area contributed by atoms with Crippen molar-refractivity contribution in [2.75, 3.05) is 4.72 Å². The van der Waals surface area contributed by atoms with Gasteiger partial charge in [0.1, 0.15) is 5.76 Å². The monoisotopic (exact) mass is 308 g/mol. The Labute approximate surface area is 120 Å². The summed E-state index contributed by atoms with van der Waals surface area (Å²) < 4.78 is 31.4. The quantitative estimate of drug-likeness (QED) is 0.816. The van der Waals surface area contributed by atoms with E-state index in [2.05, 4.69) is 9.88 Å². The van der Waals surface area contributed by atoms with Crippen LogP contribution in [0.1, 0.15) is 11.3 Å². The van der Waals surface area contributed by atoms with Gasteiger partial charge in [-0.05, 0) is 30.7 Å². The smallest absolute Gasteiger partial charge is 0.328 e. The van der Waals surface area contributed by atoms with Crippen molar-refractivity contribution >= 4 is 27.9 Å². The van der Waals surface area contributed by atoms with Gasteiger partial charge in [-0.1, -0.05) is 17.3 Å². The van der Waals surface area contributed by atoms with E-state index >= 15 is 0 Å². The Hall–Kier alpha value is -2.61. The molecule has 0 spiro atoms. The number of nitrogens with zero attached hydrogens (tertiary/aromatic N) is 1. The van der Waals surface area contributed by atoms with E-state index in [1.807, 2.05) is 0 Å². The number of anilines is 1. The molecular weight excluding hydrogens is 296 g/mol. The van der Waals surface area contributed by atoms with E-state index in [1.54, 1.807) is 13.0 Å². The second-order valence-corrected chi connectivity index (χ2v) is 5.85. The predicted molar refractivity (Wildman–Crippen MR) is 75.2 cm³/mol. The number of benzene rings is 1. The highest BCUT2D eigenvalue weighted by atomic mass is 32.2. The van der Waals surface area contributed by atoms with Gasteiger partial charge in [-0.3, -0.25) is 4.72 Å².